The number of H-pyrrole nitrogens is 1. The SMILES string of the molecule is CCOC(=O)CC1(C)CCc2c1[nH]c1c(Br)cccc21. The van der Waals surface area contributed by atoms with Gasteiger partial charge in [-0.15, -0.1) is 0 Å². The van der Waals surface area contributed by atoms with E-state index in [0.29, 0.717) is 13.0 Å². The first-order chi connectivity index (χ1) is 9.55. The summed E-state index contributed by atoms with van der Waals surface area (Å²) in [5.41, 5.74) is 3.55. The maximum absolute atomic E-state index is 11.9. The molecule has 1 aliphatic carbocycles. The number of rotatable bonds is 3. The van der Waals surface area contributed by atoms with Crippen molar-refractivity contribution in [3.63, 3.8) is 0 Å². The predicted octanol–water partition coefficient (Wildman–Crippen LogP) is 4.09. The maximum atomic E-state index is 11.9. The molecule has 0 spiro atoms. The highest BCUT2D eigenvalue weighted by molar-refractivity contribution is 9.10. The van der Waals surface area contributed by atoms with Crippen LogP contribution in [0.2, 0.25) is 0 Å². The Balaban J connectivity index is 2.03. The monoisotopic (exact) mass is 335 g/mol. The molecule has 1 aliphatic rings. The van der Waals surface area contributed by atoms with Crippen LogP contribution < -0.4 is 0 Å². The van der Waals surface area contributed by atoms with Crippen LogP contribution in [0.3, 0.4) is 0 Å². The molecular weight excluding hydrogens is 318 g/mol. The van der Waals surface area contributed by atoms with Gasteiger partial charge in [-0.1, -0.05) is 19.1 Å². The van der Waals surface area contributed by atoms with Crippen molar-refractivity contribution in [2.75, 3.05) is 6.61 Å². The Bertz CT molecular complexity index is 676. The fraction of sp³-hybridized carbons (Fsp3) is 0.438. The van der Waals surface area contributed by atoms with E-state index < -0.39 is 0 Å². The van der Waals surface area contributed by atoms with E-state index in [1.807, 2.05) is 13.0 Å². The Morgan fingerprint density at radius 3 is 3.05 bits per heavy atom. The highest BCUT2D eigenvalue weighted by Crippen LogP contribution is 2.45. The number of carbonyl (C=O) groups excluding carboxylic acids is 1. The van der Waals surface area contributed by atoms with Gasteiger partial charge in [-0.3, -0.25) is 4.79 Å². The number of aromatic nitrogens is 1. The van der Waals surface area contributed by atoms with E-state index in [-0.39, 0.29) is 11.4 Å². The lowest BCUT2D eigenvalue weighted by Gasteiger charge is -2.22. The Morgan fingerprint density at radius 2 is 2.30 bits per heavy atom. The molecule has 1 aromatic heterocycles. The highest BCUT2D eigenvalue weighted by Gasteiger charge is 2.39. The maximum Gasteiger partial charge on any atom is 0.306 e. The zero-order chi connectivity index (χ0) is 14.3. The fourth-order valence-electron chi connectivity index (χ4n) is 3.25. The predicted molar refractivity (Wildman–Crippen MR) is 82.9 cm³/mol. The molecule has 0 bridgehead atoms. The fourth-order valence-corrected chi connectivity index (χ4v) is 3.71. The van der Waals surface area contributed by atoms with Crippen molar-refractivity contribution in [1.82, 2.24) is 4.98 Å². The molecule has 3 nitrogen and oxygen atoms in total. The molecular formula is C16H18BrNO2. The van der Waals surface area contributed by atoms with Crippen molar-refractivity contribution in [2.24, 2.45) is 0 Å². The van der Waals surface area contributed by atoms with Crippen LogP contribution in [0.15, 0.2) is 22.7 Å². The zero-order valence-corrected chi connectivity index (χ0v) is 13.3. The second-order valence-electron chi connectivity index (χ2n) is 5.68. The summed E-state index contributed by atoms with van der Waals surface area (Å²) in [5.74, 6) is -0.111. The number of ether oxygens (including phenoxy) is 1. The minimum atomic E-state index is -0.139. The molecule has 1 atom stereocenters. The van der Waals surface area contributed by atoms with Crippen molar-refractivity contribution in [2.45, 2.75) is 38.5 Å². The van der Waals surface area contributed by atoms with Gasteiger partial charge in [0.15, 0.2) is 0 Å². The first-order valence-electron chi connectivity index (χ1n) is 7.00. The van der Waals surface area contributed by atoms with Crippen molar-refractivity contribution in [1.29, 1.82) is 0 Å². The molecule has 1 aromatic carbocycles. The molecule has 4 heteroatoms. The van der Waals surface area contributed by atoms with E-state index in [1.165, 1.54) is 16.6 Å². The largest absolute Gasteiger partial charge is 0.466 e. The first-order valence-corrected chi connectivity index (χ1v) is 7.79. The lowest BCUT2D eigenvalue weighted by atomic mass is 9.84. The number of benzene rings is 1. The molecule has 0 radical (unpaired) electrons. The Labute approximate surface area is 126 Å². The van der Waals surface area contributed by atoms with Gasteiger partial charge in [0.25, 0.3) is 0 Å². The van der Waals surface area contributed by atoms with E-state index >= 15 is 0 Å². The van der Waals surface area contributed by atoms with Gasteiger partial charge in [0, 0.05) is 21.0 Å². The minimum absolute atomic E-state index is 0.111. The number of hydrogen-bond donors (Lipinski definition) is 1. The summed E-state index contributed by atoms with van der Waals surface area (Å²) >= 11 is 3.59. The van der Waals surface area contributed by atoms with Gasteiger partial charge >= 0.3 is 5.97 Å². The van der Waals surface area contributed by atoms with Crippen LogP contribution in [-0.2, 0) is 21.4 Å². The molecule has 3 rings (SSSR count). The van der Waals surface area contributed by atoms with Gasteiger partial charge in [-0.25, -0.2) is 0 Å². The van der Waals surface area contributed by atoms with Crippen LogP contribution in [-0.4, -0.2) is 17.6 Å². The summed E-state index contributed by atoms with van der Waals surface area (Å²) in [6, 6.07) is 6.24. The van der Waals surface area contributed by atoms with Crippen molar-refractivity contribution >= 4 is 32.8 Å². The van der Waals surface area contributed by atoms with E-state index in [2.05, 4.69) is 40.0 Å². The van der Waals surface area contributed by atoms with Crippen molar-refractivity contribution in [3.8, 4) is 0 Å². The van der Waals surface area contributed by atoms with E-state index in [4.69, 9.17) is 4.74 Å². The summed E-state index contributed by atoms with van der Waals surface area (Å²) in [4.78, 5) is 15.4. The first kappa shape index (κ1) is 13.7. The Hall–Kier alpha value is -1.29. The van der Waals surface area contributed by atoms with E-state index in [0.717, 1.165) is 22.8 Å². The average molecular weight is 336 g/mol. The number of hydrogen-bond acceptors (Lipinski definition) is 2. The summed E-state index contributed by atoms with van der Waals surface area (Å²) in [5, 5.41) is 1.27. The summed E-state index contributed by atoms with van der Waals surface area (Å²) in [6.45, 7) is 4.44. The third-order valence-electron chi connectivity index (χ3n) is 4.26. The third kappa shape index (κ3) is 2.06. The van der Waals surface area contributed by atoms with Gasteiger partial charge in [-0.05, 0) is 47.3 Å². The van der Waals surface area contributed by atoms with Crippen LogP contribution in [0.4, 0.5) is 0 Å². The lowest BCUT2D eigenvalue weighted by Crippen LogP contribution is -2.24. The van der Waals surface area contributed by atoms with Crippen LogP contribution >= 0.6 is 15.9 Å². The van der Waals surface area contributed by atoms with Gasteiger partial charge in [0.05, 0.1) is 18.5 Å². The molecule has 0 saturated heterocycles. The Kier molecular flexibility index (Phi) is 3.36. The molecule has 1 N–H and O–H groups in total. The number of aryl methyl sites for hydroxylation is 1. The molecule has 0 saturated carbocycles. The summed E-state index contributed by atoms with van der Waals surface area (Å²) in [7, 11) is 0. The standard InChI is InChI=1S/C16H18BrNO2/c1-3-20-13(19)9-16(2)8-7-11-10-5-4-6-12(17)14(10)18-15(11)16/h4-6,18H,3,7-9H2,1-2H3. The summed E-state index contributed by atoms with van der Waals surface area (Å²) in [6.07, 6.45) is 2.45. The average Bonchev–Trinajstić information content (AvgIpc) is 2.90. The molecule has 1 heterocycles. The quantitative estimate of drug-likeness (QED) is 0.858. The zero-order valence-electron chi connectivity index (χ0n) is 11.8. The lowest BCUT2D eigenvalue weighted by molar-refractivity contribution is -0.144. The number of halogens is 1. The van der Waals surface area contributed by atoms with Gasteiger partial charge in [0.1, 0.15) is 0 Å². The van der Waals surface area contributed by atoms with Crippen LogP contribution in [0.1, 0.15) is 37.9 Å². The van der Waals surface area contributed by atoms with Gasteiger partial charge in [-0.2, -0.15) is 0 Å². The normalized spacial score (nSPS) is 21.1. The molecule has 2 aromatic rings. The van der Waals surface area contributed by atoms with Crippen molar-refractivity contribution in [3.05, 3.63) is 33.9 Å². The number of para-hydroxylation sites is 1. The van der Waals surface area contributed by atoms with Gasteiger partial charge in [0.2, 0.25) is 0 Å². The topological polar surface area (TPSA) is 42.1 Å². The number of fused-ring (bicyclic) bond motifs is 3. The highest BCUT2D eigenvalue weighted by atomic mass is 79.9. The van der Waals surface area contributed by atoms with E-state index in [9.17, 15) is 4.79 Å². The van der Waals surface area contributed by atoms with E-state index in [1.54, 1.807) is 0 Å². The number of aromatic amines is 1. The Morgan fingerprint density at radius 1 is 1.50 bits per heavy atom. The third-order valence-corrected chi connectivity index (χ3v) is 4.92. The molecule has 106 valence electrons. The van der Waals surface area contributed by atoms with Crippen molar-refractivity contribution < 1.29 is 9.53 Å². The minimum Gasteiger partial charge on any atom is -0.466 e. The smallest absolute Gasteiger partial charge is 0.306 e. The summed E-state index contributed by atoms with van der Waals surface area (Å²) < 4.78 is 6.19. The molecule has 0 fully saturated rings. The molecule has 0 aliphatic heterocycles. The van der Waals surface area contributed by atoms with Crippen LogP contribution in [0.25, 0.3) is 10.9 Å². The van der Waals surface area contributed by atoms with Crippen LogP contribution in [0.5, 0.6) is 0 Å². The second-order valence-corrected chi connectivity index (χ2v) is 6.54. The molecule has 20 heavy (non-hydrogen) atoms. The number of nitrogens with one attached hydrogen (secondary N) is 1. The molecule has 1 unspecified atom stereocenters. The number of carbonyl (C=O) groups is 1. The molecule has 0 amide bonds. The number of esters is 1. The van der Waals surface area contributed by atoms with Crippen LogP contribution in [0, 0.1) is 0 Å². The second kappa shape index (κ2) is 4.92. The van der Waals surface area contributed by atoms with Gasteiger partial charge < -0.3 is 9.72 Å².